The zero-order valence-corrected chi connectivity index (χ0v) is 12.9. The molecule has 0 saturated heterocycles. The number of ether oxygens (including phenoxy) is 1. The molecule has 4 N–H and O–H groups in total. The smallest absolute Gasteiger partial charge is 0.357 e. The minimum Gasteiger partial charge on any atom is -0.508 e. The fourth-order valence-corrected chi connectivity index (χ4v) is 2.96. The van der Waals surface area contributed by atoms with Gasteiger partial charge in [0.15, 0.2) is 5.78 Å². The average Bonchev–Trinajstić information content (AvgIpc) is 2.45. The van der Waals surface area contributed by atoms with Gasteiger partial charge in [-0.25, -0.2) is 0 Å². The van der Waals surface area contributed by atoms with E-state index in [-0.39, 0.29) is 40.7 Å². The van der Waals surface area contributed by atoms with Gasteiger partial charge in [0, 0.05) is 12.1 Å². The lowest BCUT2D eigenvalue weighted by Gasteiger charge is -2.26. The Balaban J connectivity index is 1.88. The molecule has 0 aliphatic carbocycles. The molecule has 9 heteroatoms. The Bertz CT molecular complexity index is 906. The van der Waals surface area contributed by atoms with Crippen LogP contribution in [0.2, 0.25) is 0 Å². The number of anilines is 1. The van der Waals surface area contributed by atoms with Crippen LogP contribution >= 0.6 is 0 Å². The quantitative estimate of drug-likeness (QED) is 0.622. The number of carbonyl (C=O) groups is 1. The van der Waals surface area contributed by atoms with Crippen LogP contribution in [-0.4, -0.2) is 29.0 Å². The summed E-state index contributed by atoms with van der Waals surface area (Å²) in [6.45, 7) is 0. The van der Waals surface area contributed by atoms with Gasteiger partial charge in [-0.15, -0.1) is 0 Å². The second-order valence-corrected chi connectivity index (χ2v) is 6.43. The molecule has 0 saturated carbocycles. The predicted octanol–water partition coefficient (Wildman–Crippen LogP) is 2.02. The third-order valence-electron chi connectivity index (χ3n) is 3.51. The van der Waals surface area contributed by atoms with E-state index in [4.69, 9.17) is 9.29 Å². The molecule has 1 unspecified atom stereocenters. The molecule has 1 aliphatic rings. The fraction of sp³-hybridized carbons (Fsp3) is 0.133. The summed E-state index contributed by atoms with van der Waals surface area (Å²) in [5.74, 6) is -0.832. The van der Waals surface area contributed by atoms with Crippen LogP contribution in [-0.2, 0) is 10.3 Å². The third kappa shape index (κ3) is 3.26. The van der Waals surface area contributed by atoms with Gasteiger partial charge in [-0.1, -0.05) is 12.1 Å². The molecule has 0 radical (unpaired) electrons. The third-order valence-corrected chi connectivity index (χ3v) is 4.01. The first-order chi connectivity index (χ1) is 11.2. The van der Waals surface area contributed by atoms with Crippen LogP contribution in [0.25, 0.3) is 0 Å². The second-order valence-electron chi connectivity index (χ2n) is 5.27. The van der Waals surface area contributed by atoms with Crippen molar-refractivity contribution < 1.29 is 32.7 Å². The molecule has 0 aromatic heterocycles. The molecule has 0 amide bonds. The van der Waals surface area contributed by atoms with Crippen molar-refractivity contribution in [2.75, 3.05) is 4.72 Å². The highest BCUT2D eigenvalue weighted by Gasteiger charge is 2.30. The van der Waals surface area contributed by atoms with E-state index in [9.17, 15) is 23.4 Å². The highest BCUT2D eigenvalue weighted by molar-refractivity contribution is 7.87. The molecule has 24 heavy (non-hydrogen) atoms. The number of carbonyl (C=O) groups excluding carboxylic acids is 1. The fourth-order valence-electron chi connectivity index (χ4n) is 2.53. The summed E-state index contributed by atoms with van der Waals surface area (Å²) in [6.07, 6.45) is -0.665. The van der Waals surface area contributed by atoms with Gasteiger partial charge in [0.05, 0.1) is 12.1 Å². The summed E-state index contributed by atoms with van der Waals surface area (Å²) in [5.41, 5.74) is 0.769. The molecule has 1 heterocycles. The molecule has 8 nitrogen and oxygen atoms in total. The summed E-state index contributed by atoms with van der Waals surface area (Å²) >= 11 is 0. The number of rotatable bonds is 3. The van der Waals surface area contributed by atoms with Crippen molar-refractivity contribution in [2.24, 2.45) is 0 Å². The van der Waals surface area contributed by atoms with E-state index in [1.54, 1.807) is 12.1 Å². The number of aromatic hydroxyl groups is 2. The Hall–Kier alpha value is -2.78. The van der Waals surface area contributed by atoms with Crippen molar-refractivity contribution in [3.8, 4) is 17.2 Å². The van der Waals surface area contributed by atoms with E-state index in [1.807, 2.05) is 4.72 Å². The zero-order valence-electron chi connectivity index (χ0n) is 12.1. The molecular formula is C15H13NO7S. The number of benzene rings is 2. The summed E-state index contributed by atoms with van der Waals surface area (Å²) in [6, 6.07) is 8.21. The number of ketones is 1. The molecule has 0 spiro atoms. The molecule has 1 atom stereocenters. The van der Waals surface area contributed by atoms with Crippen molar-refractivity contribution in [3.05, 3.63) is 47.5 Å². The maximum Gasteiger partial charge on any atom is 0.357 e. The average molecular weight is 351 g/mol. The van der Waals surface area contributed by atoms with Gasteiger partial charge in [0.2, 0.25) is 0 Å². The summed E-state index contributed by atoms with van der Waals surface area (Å²) in [5, 5.41) is 19.3. The lowest BCUT2D eigenvalue weighted by Crippen LogP contribution is -2.20. The highest BCUT2D eigenvalue weighted by atomic mass is 32.2. The number of phenols is 2. The standard InChI is InChI=1S/C15H13NO7S/c17-10-5-11(18)15-12(19)7-13(23-14(15)6-10)8-1-3-9(4-2-8)16-24(20,21)22/h1-6,13,16-18H,7H2,(H,20,21,22). The number of phenolic OH excluding ortho intramolecular Hbond substituents is 2. The first-order valence-corrected chi connectivity index (χ1v) is 8.28. The van der Waals surface area contributed by atoms with Gasteiger partial charge >= 0.3 is 10.3 Å². The maximum absolute atomic E-state index is 12.2. The summed E-state index contributed by atoms with van der Waals surface area (Å²) in [4.78, 5) is 12.2. The van der Waals surface area contributed by atoms with Gasteiger partial charge in [0.1, 0.15) is 28.9 Å². The van der Waals surface area contributed by atoms with E-state index >= 15 is 0 Å². The lowest BCUT2D eigenvalue weighted by molar-refractivity contribution is 0.0845. The van der Waals surface area contributed by atoms with Gasteiger partial charge in [-0.2, -0.15) is 8.42 Å². The van der Waals surface area contributed by atoms with Crippen LogP contribution in [0.4, 0.5) is 5.69 Å². The van der Waals surface area contributed by atoms with Crippen LogP contribution in [0.3, 0.4) is 0 Å². The predicted molar refractivity (Wildman–Crippen MR) is 83.7 cm³/mol. The van der Waals surface area contributed by atoms with E-state index in [0.29, 0.717) is 5.56 Å². The van der Waals surface area contributed by atoms with Crippen molar-refractivity contribution in [3.63, 3.8) is 0 Å². The molecule has 126 valence electrons. The summed E-state index contributed by atoms with van der Waals surface area (Å²) in [7, 11) is -4.36. The van der Waals surface area contributed by atoms with Gasteiger partial charge in [0.25, 0.3) is 0 Å². The van der Waals surface area contributed by atoms with E-state index in [2.05, 4.69) is 0 Å². The van der Waals surface area contributed by atoms with Crippen LogP contribution < -0.4 is 9.46 Å². The van der Waals surface area contributed by atoms with Crippen LogP contribution in [0, 0.1) is 0 Å². The number of fused-ring (bicyclic) bond motifs is 1. The Kier molecular flexibility index (Phi) is 3.82. The minimum atomic E-state index is -4.36. The first kappa shape index (κ1) is 16.1. The monoisotopic (exact) mass is 351 g/mol. The highest BCUT2D eigenvalue weighted by Crippen LogP contribution is 2.41. The molecule has 3 rings (SSSR count). The van der Waals surface area contributed by atoms with Crippen molar-refractivity contribution >= 4 is 21.8 Å². The number of hydrogen-bond acceptors (Lipinski definition) is 6. The molecule has 2 aromatic rings. The van der Waals surface area contributed by atoms with E-state index in [1.165, 1.54) is 18.2 Å². The maximum atomic E-state index is 12.2. The van der Waals surface area contributed by atoms with Crippen molar-refractivity contribution in [2.45, 2.75) is 12.5 Å². The van der Waals surface area contributed by atoms with Crippen molar-refractivity contribution in [1.82, 2.24) is 0 Å². The van der Waals surface area contributed by atoms with Crippen LogP contribution in [0.15, 0.2) is 36.4 Å². The Morgan fingerprint density at radius 1 is 1.12 bits per heavy atom. The van der Waals surface area contributed by atoms with Crippen LogP contribution in [0.1, 0.15) is 28.4 Å². The Morgan fingerprint density at radius 3 is 2.42 bits per heavy atom. The SMILES string of the molecule is O=C1CC(c2ccc(NS(=O)(=O)O)cc2)Oc2cc(O)cc(O)c21. The lowest BCUT2D eigenvalue weighted by atomic mass is 9.95. The van der Waals surface area contributed by atoms with E-state index in [0.717, 1.165) is 6.07 Å². The second kappa shape index (κ2) is 5.69. The molecule has 0 bridgehead atoms. The summed E-state index contributed by atoms with van der Waals surface area (Å²) < 4.78 is 37.8. The number of hydrogen-bond donors (Lipinski definition) is 4. The van der Waals surface area contributed by atoms with Gasteiger partial charge in [-0.3, -0.25) is 14.1 Å². The molecule has 2 aromatic carbocycles. The minimum absolute atomic E-state index is 0.0175. The number of nitrogens with one attached hydrogen (secondary N) is 1. The topological polar surface area (TPSA) is 133 Å². The van der Waals surface area contributed by atoms with Crippen LogP contribution in [0.5, 0.6) is 17.2 Å². The molecule has 1 aliphatic heterocycles. The largest absolute Gasteiger partial charge is 0.508 e. The zero-order chi connectivity index (χ0) is 17.5. The normalized spacial score (nSPS) is 17.0. The number of Topliss-reactive ketones (excluding diaryl/α,β-unsaturated/α-hetero) is 1. The molecular weight excluding hydrogens is 338 g/mol. The van der Waals surface area contributed by atoms with Gasteiger partial charge in [-0.05, 0) is 17.7 Å². The van der Waals surface area contributed by atoms with E-state index < -0.39 is 16.4 Å². The van der Waals surface area contributed by atoms with Gasteiger partial charge < -0.3 is 14.9 Å². The van der Waals surface area contributed by atoms with Crippen molar-refractivity contribution in [1.29, 1.82) is 0 Å². The Labute approximate surface area is 137 Å². The Morgan fingerprint density at radius 2 is 1.79 bits per heavy atom. The molecule has 0 fully saturated rings. The first-order valence-electron chi connectivity index (χ1n) is 6.84.